The Morgan fingerprint density at radius 3 is 0.880 bits per heavy atom. The lowest BCUT2D eigenvalue weighted by molar-refractivity contribution is 0.753. The van der Waals surface area contributed by atoms with Crippen LogP contribution in [0.2, 0.25) is 0 Å². The summed E-state index contributed by atoms with van der Waals surface area (Å²) in [5.74, 6) is 0.183. The minimum Gasteiger partial charge on any atom is -0.310 e. The second-order valence-electron chi connectivity index (χ2n) is 14.1. The van der Waals surface area contributed by atoms with Crippen LogP contribution in [-0.2, 0) is 0 Å². The predicted molar refractivity (Wildman–Crippen MR) is 210 cm³/mol. The van der Waals surface area contributed by atoms with Gasteiger partial charge in [-0.2, -0.15) is 0 Å². The monoisotopic (exact) mass is 644 g/mol. The van der Waals surface area contributed by atoms with Gasteiger partial charge in [0.25, 0.3) is 0 Å². The zero-order chi connectivity index (χ0) is 33.9. The quantitative estimate of drug-likeness (QED) is 0.178. The Balaban J connectivity index is 1.30. The first-order chi connectivity index (χ1) is 24.5. The van der Waals surface area contributed by atoms with Crippen LogP contribution in [0.25, 0.3) is 0 Å². The van der Waals surface area contributed by atoms with Crippen molar-refractivity contribution in [2.24, 2.45) is 0 Å². The lowest BCUT2D eigenvalue weighted by atomic mass is 9.60. The first kappa shape index (κ1) is 30.2. The van der Waals surface area contributed by atoms with E-state index in [9.17, 15) is 0 Å². The molecular formula is C48H40N2. The lowest BCUT2D eigenvalue weighted by Crippen LogP contribution is -2.31. The number of hydrogen-bond acceptors (Lipinski definition) is 2. The highest BCUT2D eigenvalue weighted by atomic mass is 15.2. The van der Waals surface area contributed by atoms with Crippen LogP contribution in [0, 0.1) is 27.7 Å². The van der Waals surface area contributed by atoms with Gasteiger partial charge in [-0.05, 0) is 122 Å². The second-order valence-corrected chi connectivity index (χ2v) is 14.1. The van der Waals surface area contributed by atoms with Gasteiger partial charge in [0.2, 0.25) is 0 Å². The summed E-state index contributed by atoms with van der Waals surface area (Å²) >= 11 is 0. The summed E-state index contributed by atoms with van der Waals surface area (Å²) in [6.45, 7) is 8.63. The van der Waals surface area contributed by atoms with E-state index in [0.717, 1.165) is 0 Å². The van der Waals surface area contributed by atoms with Gasteiger partial charge >= 0.3 is 0 Å². The molecule has 0 heterocycles. The number of anilines is 6. The standard InChI is InChI=1S/C48H40N2/c1-31-15-23-35(24-16-31)49(36-25-17-32(2)18-26-36)43-13-7-11-41-46-40-10-6-5-9-39(40)45(47(41)43)42-12-8-14-44(48(42)46)50(37-27-19-33(3)20-28-37)38-29-21-34(4)22-30-38/h5-30,45-46H,1-4H3. The molecule has 0 radical (unpaired) electrons. The molecule has 0 aromatic heterocycles. The Labute approximate surface area is 295 Å². The molecule has 7 aromatic carbocycles. The maximum absolute atomic E-state index is 2.47. The molecule has 2 bridgehead atoms. The molecule has 3 aliphatic rings. The van der Waals surface area contributed by atoms with Gasteiger partial charge in [-0.1, -0.05) is 119 Å². The number of benzene rings is 7. The van der Waals surface area contributed by atoms with Crippen LogP contribution >= 0.6 is 0 Å². The van der Waals surface area contributed by atoms with Crippen molar-refractivity contribution in [1.82, 2.24) is 0 Å². The van der Waals surface area contributed by atoms with Gasteiger partial charge in [-0.25, -0.2) is 0 Å². The molecule has 2 unspecified atom stereocenters. The molecular weight excluding hydrogens is 605 g/mol. The summed E-state index contributed by atoms with van der Waals surface area (Å²) in [6, 6.07) is 59.0. The first-order valence-electron chi connectivity index (χ1n) is 17.7. The summed E-state index contributed by atoms with van der Waals surface area (Å²) in [5.41, 5.74) is 20.6. The van der Waals surface area contributed by atoms with E-state index in [2.05, 4.69) is 195 Å². The van der Waals surface area contributed by atoms with Gasteiger partial charge in [0.15, 0.2) is 0 Å². The van der Waals surface area contributed by atoms with E-state index >= 15 is 0 Å². The highest BCUT2D eigenvalue weighted by Gasteiger charge is 2.45. The summed E-state index contributed by atoms with van der Waals surface area (Å²) in [7, 11) is 0. The van der Waals surface area contributed by atoms with Crippen molar-refractivity contribution in [1.29, 1.82) is 0 Å². The van der Waals surface area contributed by atoms with Gasteiger partial charge < -0.3 is 9.80 Å². The summed E-state index contributed by atoms with van der Waals surface area (Å²) in [5, 5.41) is 0. The molecule has 50 heavy (non-hydrogen) atoms. The largest absolute Gasteiger partial charge is 0.310 e. The molecule has 10 rings (SSSR count). The van der Waals surface area contributed by atoms with Crippen molar-refractivity contribution in [3.63, 3.8) is 0 Å². The number of hydrogen-bond donors (Lipinski definition) is 0. The van der Waals surface area contributed by atoms with E-state index in [1.54, 1.807) is 0 Å². The van der Waals surface area contributed by atoms with Gasteiger partial charge in [-0.3, -0.25) is 0 Å². The van der Waals surface area contributed by atoms with Crippen LogP contribution in [0.15, 0.2) is 158 Å². The topological polar surface area (TPSA) is 6.48 Å². The van der Waals surface area contributed by atoms with E-state index in [1.165, 1.54) is 89.8 Å². The molecule has 0 saturated carbocycles. The predicted octanol–water partition coefficient (Wildman–Crippen LogP) is 12.8. The maximum atomic E-state index is 2.47. The minimum absolute atomic E-state index is 0.0913. The molecule has 2 heteroatoms. The fourth-order valence-electron chi connectivity index (χ4n) is 8.29. The fraction of sp³-hybridized carbons (Fsp3) is 0.125. The molecule has 0 fully saturated rings. The van der Waals surface area contributed by atoms with Crippen LogP contribution in [0.3, 0.4) is 0 Å². The third-order valence-corrected chi connectivity index (χ3v) is 10.7. The molecule has 2 nitrogen and oxygen atoms in total. The zero-order valence-corrected chi connectivity index (χ0v) is 29.1. The second kappa shape index (κ2) is 11.9. The molecule has 0 saturated heterocycles. The molecule has 0 N–H and O–H groups in total. The number of rotatable bonds is 6. The summed E-state index contributed by atoms with van der Waals surface area (Å²) in [6.07, 6.45) is 0. The van der Waals surface area contributed by atoms with Crippen molar-refractivity contribution in [2.75, 3.05) is 9.80 Å². The molecule has 0 amide bonds. The van der Waals surface area contributed by atoms with Gasteiger partial charge in [-0.15, -0.1) is 0 Å². The smallest absolute Gasteiger partial charge is 0.0506 e. The molecule has 0 aliphatic heterocycles. The summed E-state index contributed by atoms with van der Waals surface area (Å²) in [4.78, 5) is 4.94. The fourth-order valence-corrected chi connectivity index (χ4v) is 8.29. The van der Waals surface area contributed by atoms with E-state index in [-0.39, 0.29) is 11.8 Å². The van der Waals surface area contributed by atoms with Crippen molar-refractivity contribution in [3.8, 4) is 0 Å². The molecule has 7 aromatic rings. The molecule has 0 spiro atoms. The highest BCUT2D eigenvalue weighted by Crippen LogP contribution is 2.61. The van der Waals surface area contributed by atoms with Gasteiger partial charge in [0, 0.05) is 34.6 Å². The van der Waals surface area contributed by atoms with Crippen molar-refractivity contribution in [2.45, 2.75) is 39.5 Å². The average molecular weight is 645 g/mol. The van der Waals surface area contributed by atoms with Gasteiger partial charge in [0.1, 0.15) is 0 Å². The van der Waals surface area contributed by atoms with Crippen LogP contribution in [0.5, 0.6) is 0 Å². The van der Waals surface area contributed by atoms with Crippen LogP contribution in [-0.4, -0.2) is 0 Å². The van der Waals surface area contributed by atoms with Crippen molar-refractivity contribution >= 4 is 34.1 Å². The van der Waals surface area contributed by atoms with E-state index < -0.39 is 0 Å². The van der Waals surface area contributed by atoms with E-state index in [4.69, 9.17) is 0 Å². The average Bonchev–Trinajstić information content (AvgIpc) is 3.15. The molecule has 3 aliphatic carbocycles. The Bertz CT molecular complexity index is 2090. The van der Waals surface area contributed by atoms with E-state index in [1.807, 2.05) is 0 Å². The Hall–Kier alpha value is -5.86. The zero-order valence-electron chi connectivity index (χ0n) is 29.1. The van der Waals surface area contributed by atoms with Crippen LogP contribution in [0.4, 0.5) is 34.1 Å². The third kappa shape index (κ3) is 4.86. The van der Waals surface area contributed by atoms with Crippen LogP contribution in [0.1, 0.15) is 67.5 Å². The number of nitrogens with zero attached hydrogens (tertiary/aromatic N) is 2. The normalized spacial score (nSPS) is 15.2. The Morgan fingerprint density at radius 2 is 0.580 bits per heavy atom. The molecule has 2 atom stereocenters. The summed E-state index contributed by atoms with van der Waals surface area (Å²) < 4.78 is 0. The van der Waals surface area contributed by atoms with Gasteiger partial charge in [0.05, 0.1) is 11.4 Å². The molecule has 242 valence electrons. The minimum atomic E-state index is 0.0913. The van der Waals surface area contributed by atoms with Crippen molar-refractivity contribution < 1.29 is 0 Å². The Kier molecular flexibility index (Phi) is 7.21. The third-order valence-electron chi connectivity index (χ3n) is 10.7. The first-order valence-corrected chi connectivity index (χ1v) is 17.7. The maximum Gasteiger partial charge on any atom is 0.0506 e. The highest BCUT2D eigenvalue weighted by molar-refractivity contribution is 5.88. The Morgan fingerprint density at radius 1 is 0.300 bits per heavy atom. The number of aryl methyl sites for hydroxylation is 4. The SMILES string of the molecule is Cc1ccc(N(c2ccc(C)cc2)c2cccc3c2C2c4ccccc4C3c3c2cccc3N(c2ccc(C)cc2)c2ccc(C)cc2)cc1. The van der Waals surface area contributed by atoms with E-state index in [0.29, 0.717) is 0 Å². The van der Waals surface area contributed by atoms with Crippen LogP contribution < -0.4 is 9.80 Å². The lowest BCUT2D eigenvalue weighted by Gasteiger charge is -2.46. The van der Waals surface area contributed by atoms with Crippen molar-refractivity contribution in [3.05, 3.63) is 213 Å².